The highest BCUT2D eigenvalue weighted by molar-refractivity contribution is 6.32. The average molecular weight is 197 g/mol. The molecular weight excluding hydrogens is 186 g/mol. The van der Waals surface area contributed by atoms with Crippen molar-refractivity contribution in [3.8, 4) is 0 Å². The van der Waals surface area contributed by atoms with Crippen LogP contribution >= 0.6 is 0 Å². The van der Waals surface area contributed by atoms with Crippen molar-refractivity contribution < 1.29 is 18.7 Å². The van der Waals surface area contributed by atoms with Crippen LogP contribution in [0.1, 0.15) is 12.7 Å². The van der Waals surface area contributed by atoms with E-state index in [9.17, 15) is 9.59 Å². The summed E-state index contributed by atoms with van der Waals surface area (Å²) in [6, 6.07) is 3.40. The number of hydrogen-bond acceptors (Lipinski definition) is 4. The van der Waals surface area contributed by atoms with E-state index in [0.29, 0.717) is 5.76 Å². The number of rotatable bonds is 3. The van der Waals surface area contributed by atoms with Crippen molar-refractivity contribution in [2.75, 3.05) is 6.61 Å². The summed E-state index contributed by atoms with van der Waals surface area (Å²) in [6.45, 7) is 2.01. The first-order valence-corrected chi connectivity index (χ1v) is 4.21. The van der Waals surface area contributed by atoms with E-state index in [1.807, 2.05) is 0 Å². The minimum absolute atomic E-state index is 0.185. The van der Waals surface area contributed by atoms with Crippen LogP contribution in [0.3, 0.4) is 0 Å². The van der Waals surface area contributed by atoms with E-state index in [4.69, 9.17) is 4.42 Å². The Morgan fingerprint density at radius 2 is 2.36 bits per heavy atom. The number of carbonyl (C=O) groups excluding carboxylic acids is 2. The van der Waals surface area contributed by atoms with Gasteiger partial charge in [0.2, 0.25) is 0 Å². The average Bonchev–Trinajstić information content (AvgIpc) is 2.67. The topological polar surface area (TPSA) is 68.5 Å². The summed E-state index contributed by atoms with van der Waals surface area (Å²) >= 11 is 0. The third kappa shape index (κ3) is 2.93. The Hall–Kier alpha value is -1.78. The van der Waals surface area contributed by atoms with Crippen molar-refractivity contribution in [3.63, 3.8) is 0 Å². The number of hydrogen-bond donors (Lipinski definition) is 1. The molecular formula is C9H11NO4. The Bertz CT molecular complexity index is 305. The summed E-state index contributed by atoms with van der Waals surface area (Å²) in [7, 11) is 0. The molecule has 0 radical (unpaired) electrons. The van der Waals surface area contributed by atoms with Crippen LogP contribution in [-0.4, -0.2) is 18.5 Å². The van der Waals surface area contributed by atoms with Crippen molar-refractivity contribution in [1.29, 1.82) is 0 Å². The van der Waals surface area contributed by atoms with Crippen LogP contribution in [0.5, 0.6) is 0 Å². The maximum atomic E-state index is 11.0. The number of furan rings is 1. The van der Waals surface area contributed by atoms with Crippen molar-refractivity contribution in [3.05, 3.63) is 24.2 Å². The maximum absolute atomic E-state index is 11.0. The smallest absolute Gasteiger partial charge is 0.396 e. The largest absolute Gasteiger partial charge is 0.467 e. The van der Waals surface area contributed by atoms with Crippen molar-refractivity contribution in [2.45, 2.75) is 13.5 Å². The molecule has 0 aromatic carbocycles. The van der Waals surface area contributed by atoms with E-state index in [2.05, 4.69) is 10.1 Å². The van der Waals surface area contributed by atoms with Gasteiger partial charge in [-0.05, 0) is 19.1 Å². The van der Waals surface area contributed by atoms with Gasteiger partial charge in [-0.3, -0.25) is 4.79 Å². The second kappa shape index (κ2) is 5.06. The predicted octanol–water partition coefficient (Wildman–Crippen LogP) is 0.459. The fourth-order valence-corrected chi connectivity index (χ4v) is 0.849. The second-order valence-corrected chi connectivity index (χ2v) is 2.48. The first kappa shape index (κ1) is 10.3. The standard InChI is InChI=1S/C9H11NO4/c1-2-13-9(12)8(11)10-6-7-4-3-5-14-7/h3-5H,2,6H2,1H3,(H,10,11). The Morgan fingerprint density at radius 3 is 2.93 bits per heavy atom. The second-order valence-electron chi connectivity index (χ2n) is 2.48. The predicted molar refractivity (Wildman–Crippen MR) is 47.2 cm³/mol. The quantitative estimate of drug-likeness (QED) is 0.564. The van der Waals surface area contributed by atoms with E-state index < -0.39 is 11.9 Å². The Morgan fingerprint density at radius 1 is 1.57 bits per heavy atom. The van der Waals surface area contributed by atoms with E-state index in [-0.39, 0.29) is 13.2 Å². The molecule has 0 atom stereocenters. The van der Waals surface area contributed by atoms with Crippen LogP contribution in [0.2, 0.25) is 0 Å². The van der Waals surface area contributed by atoms with Gasteiger partial charge in [-0.25, -0.2) is 4.79 Å². The van der Waals surface area contributed by atoms with Gasteiger partial charge in [0.15, 0.2) is 0 Å². The number of carbonyl (C=O) groups is 2. The molecule has 1 rings (SSSR count). The molecule has 0 aliphatic rings. The van der Waals surface area contributed by atoms with Gasteiger partial charge >= 0.3 is 11.9 Å². The van der Waals surface area contributed by atoms with Crippen LogP contribution in [0.4, 0.5) is 0 Å². The lowest BCUT2D eigenvalue weighted by molar-refractivity contribution is -0.154. The third-order valence-corrected chi connectivity index (χ3v) is 1.46. The Labute approximate surface area is 81.0 Å². The van der Waals surface area contributed by atoms with Gasteiger partial charge in [0, 0.05) is 0 Å². The molecule has 5 heteroatoms. The number of amides is 1. The number of nitrogens with one attached hydrogen (secondary N) is 1. The van der Waals surface area contributed by atoms with Gasteiger partial charge in [-0.2, -0.15) is 0 Å². The van der Waals surface area contributed by atoms with Crippen LogP contribution in [0.25, 0.3) is 0 Å². The van der Waals surface area contributed by atoms with E-state index in [1.54, 1.807) is 19.1 Å². The lowest BCUT2D eigenvalue weighted by atomic mass is 10.4. The lowest BCUT2D eigenvalue weighted by Crippen LogP contribution is -2.31. The molecule has 1 heterocycles. The summed E-state index contributed by atoms with van der Waals surface area (Å²) in [5.74, 6) is -1.05. The molecule has 0 spiro atoms. The van der Waals surface area contributed by atoms with Crippen LogP contribution in [0, 0.1) is 0 Å². The lowest BCUT2D eigenvalue weighted by Gasteiger charge is -2.01. The van der Waals surface area contributed by atoms with Crippen molar-refractivity contribution in [1.82, 2.24) is 5.32 Å². The molecule has 0 aliphatic carbocycles. The zero-order valence-corrected chi connectivity index (χ0v) is 7.78. The fourth-order valence-electron chi connectivity index (χ4n) is 0.849. The third-order valence-electron chi connectivity index (χ3n) is 1.46. The molecule has 0 saturated heterocycles. The summed E-state index contributed by atoms with van der Waals surface area (Å²) in [4.78, 5) is 21.8. The molecule has 1 N–H and O–H groups in total. The number of ether oxygens (including phenoxy) is 1. The van der Waals surface area contributed by atoms with Gasteiger partial charge in [0.25, 0.3) is 0 Å². The molecule has 0 fully saturated rings. The molecule has 0 bridgehead atoms. The van der Waals surface area contributed by atoms with Gasteiger partial charge in [0.1, 0.15) is 5.76 Å². The molecule has 5 nitrogen and oxygen atoms in total. The molecule has 1 aromatic rings. The molecule has 0 aliphatic heterocycles. The minimum atomic E-state index is -0.876. The van der Waals surface area contributed by atoms with Gasteiger partial charge < -0.3 is 14.5 Å². The zero-order valence-electron chi connectivity index (χ0n) is 7.78. The van der Waals surface area contributed by atoms with Crippen molar-refractivity contribution in [2.24, 2.45) is 0 Å². The van der Waals surface area contributed by atoms with Gasteiger partial charge in [-0.1, -0.05) is 0 Å². The highest BCUT2D eigenvalue weighted by atomic mass is 16.5. The summed E-state index contributed by atoms with van der Waals surface area (Å²) in [5, 5.41) is 2.36. The summed E-state index contributed by atoms with van der Waals surface area (Å²) in [5.41, 5.74) is 0. The highest BCUT2D eigenvalue weighted by Gasteiger charge is 2.13. The van der Waals surface area contributed by atoms with E-state index >= 15 is 0 Å². The molecule has 0 unspecified atom stereocenters. The molecule has 1 aromatic heterocycles. The summed E-state index contributed by atoms with van der Waals surface area (Å²) < 4.78 is 9.45. The highest BCUT2D eigenvalue weighted by Crippen LogP contribution is 1.98. The maximum Gasteiger partial charge on any atom is 0.396 e. The normalized spacial score (nSPS) is 9.50. The van der Waals surface area contributed by atoms with E-state index in [0.717, 1.165) is 0 Å². The Balaban J connectivity index is 2.31. The fraction of sp³-hybridized carbons (Fsp3) is 0.333. The molecule has 14 heavy (non-hydrogen) atoms. The monoisotopic (exact) mass is 197 g/mol. The van der Waals surface area contributed by atoms with Crippen molar-refractivity contribution >= 4 is 11.9 Å². The SMILES string of the molecule is CCOC(=O)C(=O)NCc1ccco1. The molecule has 76 valence electrons. The van der Waals surface area contributed by atoms with Crippen LogP contribution < -0.4 is 5.32 Å². The number of esters is 1. The minimum Gasteiger partial charge on any atom is -0.467 e. The van der Waals surface area contributed by atoms with E-state index in [1.165, 1.54) is 6.26 Å². The Kier molecular flexibility index (Phi) is 3.72. The van der Waals surface area contributed by atoms with Gasteiger partial charge in [-0.15, -0.1) is 0 Å². The van der Waals surface area contributed by atoms with Gasteiger partial charge in [0.05, 0.1) is 19.4 Å². The van der Waals surface area contributed by atoms with Crippen LogP contribution in [0.15, 0.2) is 22.8 Å². The molecule has 1 amide bonds. The summed E-state index contributed by atoms with van der Waals surface area (Å²) in [6.07, 6.45) is 1.49. The molecule has 0 saturated carbocycles. The van der Waals surface area contributed by atoms with Crippen LogP contribution in [-0.2, 0) is 20.9 Å². The first-order valence-electron chi connectivity index (χ1n) is 4.21. The first-order chi connectivity index (χ1) is 6.74. The zero-order chi connectivity index (χ0) is 10.4.